The fraction of sp³-hybridized carbons (Fsp3) is 0.538. The Labute approximate surface area is 125 Å². The molecule has 2 heterocycles. The fourth-order valence-corrected chi connectivity index (χ4v) is 3.63. The van der Waals surface area contributed by atoms with E-state index in [1.165, 1.54) is 0 Å². The molecule has 2 amide bonds. The van der Waals surface area contributed by atoms with Crippen molar-refractivity contribution in [3.63, 3.8) is 0 Å². The number of rotatable bonds is 4. The van der Waals surface area contributed by atoms with Crippen molar-refractivity contribution in [3.8, 4) is 0 Å². The summed E-state index contributed by atoms with van der Waals surface area (Å²) in [5.41, 5.74) is 0. The van der Waals surface area contributed by atoms with Crippen LogP contribution < -0.4 is 5.32 Å². The molecular formula is C13H17BrN2O2S. The van der Waals surface area contributed by atoms with Gasteiger partial charge in [0.2, 0.25) is 11.8 Å². The van der Waals surface area contributed by atoms with Gasteiger partial charge in [-0.15, -0.1) is 11.3 Å². The third-order valence-corrected chi connectivity index (χ3v) is 4.78. The monoisotopic (exact) mass is 344 g/mol. The molecule has 0 aromatic carbocycles. The van der Waals surface area contributed by atoms with E-state index in [1.54, 1.807) is 16.2 Å². The lowest BCUT2D eigenvalue weighted by Crippen LogP contribution is -2.44. The molecule has 2 rings (SSSR count). The van der Waals surface area contributed by atoms with Crippen molar-refractivity contribution in [2.24, 2.45) is 0 Å². The van der Waals surface area contributed by atoms with Gasteiger partial charge >= 0.3 is 0 Å². The Morgan fingerprint density at radius 2 is 2.32 bits per heavy atom. The SMILES string of the molecule is CCCC1NC(=O)CCN(Cc2cc(Br)cs2)C1=O. The van der Waals surface area contributed by atoms with E-state index in [1.807, 2.05) is 18.4 Å². The number of halogens is 1. The van der Waals surface area contributed by atoms with Crippen LogP contribution in [0.5, 0.6) is 0 Å². The molecule has 1 aliphatic heterocycles. The Morgan fingerprint density at radius 3 is 2.95 bits per heavy atom. The van der Waals surface area contributed by atoms with Crippen molar-refractivity contribution < 1.29 is 9.59 Å². The van der Waals surface area contributed by atoms with Crippen molar-refractivity contribution in [1.29, 1.82) is 0 Å². The Balaban J connectivity index is 2.09. The van der Waals surface area contributed by atoms with Crippen LogP contribution in [0.15, 0.2) is 15.9 Å². The van der Waals surface area contributed by atoms with Crippen molar-refractivity contribution in [3.05, 3.63) is 20.8 Å². The number of nitrogens with one attached hydrogen (secondary N) is 1. The summed E-state index contributed by atoms with van der Waals surface area (Å²) in [5, 5.41) is 4.82. The average molecular weight is 345 g/mol. The molecule has 1 aromatic rings. The van der Waals surface area contributed by atoms with Gasteiger partial charge in [-0.3, -0.25) is 9.59 Å². The van der Waals surface area contributed by atoms with Crippen LogP contribution in [0, 0.1) is 0 Å². The maximum atomic E-state index is 12.4. The van der Waals surface area contributed by atoms with Crippen LogP contribution in [0.4, 0.5) is 0 Å². The summed E-state index contributed by atoms with van der Waals surface area (Å²) in [4.78, 5) is 26.9. The third kappa shape index (κ3) is 3.79. The summed E-state index contributed by atoms with van der Waals surface area (Å²) in [6.45, 7) is 3.11. The molecule has 6 heteroatoms. The lowest BCUT2D eigenvalue weighted by atomic mass is 10.1. The van der Waals surface area contributed by atoms with E-state index in [2.05, 4.69) is 21.2 Å². The highest BCUT2D eigenvalue weighted by Gasteiger charge is 2.29. The average Bonchev–Trinajstić information content (AvgIpc) is 2.73. The van der Waals surface area contributed by atoms with Gasteiger partial charge in [-0.1, -0.05) is 13.3 Å². The van der Waals surface area contributed by atoms with Crippen LogP contribution in [-0.2, 0) is 16.1 Å². The lowest BCUT2D eigenvalue weighted by molar-refractivity contribution is -0.134. The van der Waals surface area contributed by atoms with Crippen LogP contribution in [0.3, 0.4) is 0 Å². The first-order valence-electron chi connectivity index (χ1n) is 6.41. The predicted molar refractivity (Wildman–Crippen MR) is 78.9 cm³/mol. The van der Waals surface area contributed by atoms with Crippen LogP contribution in [-0.4, -0.2) is 29.3 Å². The van der Waals surface area contributed by atoms with Crippen LogP contribution in [0.2, 0.25) is 0 Å². The molecule has 1 N–H and O–H groups in total. The second kappa shape index (κ2) is 6.52. The quantitative estimate of drug-likeness (QED) is 0.912. The lowest BCUT2D eigenvalue weighted by Gasteiger charge is -2.23. The Kier molecular flexibility index (Phi) is 4.99. The molecule has 0 aliphatic carbocycles. The maximum absolute atomic E-state index is 12.4. The Bertz CT molecular complexity index is 475. The maximum Gasteiger partial charge on any atom is 0.245 e. The third-order valence-electron chi connectivity index (χ3n) is 3.10. The molecule has 1 aromatic heterocycles. The van der Waals surface area contributed by atoms with Crippen LogP contribution >= 0.6 is 27.3 Å². The van der Waals surface area contributed by atoms with Crippen LogP contribution in [0.25, 0.3) is 0 Å². The molecule has 4 nitrogen and oxygen atoms in total. The van der Waals surface area contributed by atoms with E-state index in [0.29, 0.717) is 25.9 Å². The van der Waals surface area contributed by atoms with Crippen molar-refractivity contribution in [2.75, 3.05) is 6.54 Å². The molecule has 104 valence electrons. The van der Waals surface area contributed by atoms with Crippen molar-refractivity contribution >= 4 is 39.1 Å². The minimum absolute atomic E-state index is 0.0262. The largest absolute Gasteiger partial charge is 0.344 e. The second-order valence-electron chi connectivity index (χ2n) is 4.65. The molecule has 0 saturated carbocycles. The number of carbonyl (C=O) groups excluding carboxylic acids is 2. The first-order valence-corrected chi connectivity index (χ1v) is 8.08. The number of nitrogens with zero attached hydrogens (tertiary/aromatic N) is 1. The summed E-state index contributed by atoms with van der Waals surface area (Å²) in [6, 6.07) is 1.66. The fourth-order valence-electron chi connectivity index (χ4n) is 2.16. The Hall–Kier alpha value is -0.880. The van der Waals surface area contributed by atoms with Gasteiger partial charge in [-0.05, 0) is 28.4 Å². The smallest absolute Gasteiger partial charge is 0.245 e. The van der Waals surface area contributed by atoms with Crippen LogP contribution in [0.1, 0.15) is 31.1 Å². The summed E-state index contributed by atoms with van der Waals surface area (Å²) >= 11 is 5.04. The van der Waals surface area contributed by atoms with Gasteiger partial charge in [0.15, 0.2) is 0 Å². The van der Waals surface area contributed by atoms with Gasteiger partial charge in [-0.2, -0.15) is 0 Å². The van der Waals surface area contributed by atoms with E-state index in [0.717, 1.165) is 15.8 Å². The summed E-state index contributed by atoms with van der Waals surface area (Å²) in [5.74, 6) is 0.0129. The van der Waals surface area contributed by atoms with Gasteiger partial charge in [0.1, 0.15) is 6.04 Å². The highest BCUT2D eigenvalue weighted by molar-refractivity contribution is 9.10. The minimum atomic E-state index is -0.358. The number of hydrogen-bond acceptors (Lipinski definition) is 3. The minimum Gasteiger partial charge on any atom is -0.344 e. The first kappa shape index (κ1) is 14.5. The standard InChI is InChI=1S/C13H17BrN2O2S/c1-2-3-11-13(18)16(5-4-12(17)15-11)7-10-6-9(14)8-19-10/h6,8,11H,2-5,7H2,1H3,(H,15,17). The van der Waals surface area contributed by atoms with E-state index in [-0.39, 0.29) is 17.9 Å². The predicted octanol–water partition coefficient (Wildman–Crippen LogP) is 2.53. The highest BCUT2D eigenvalue weighted by atomic mass is 79.9. The zero-order chi connectivity index (χ0) is 13.8. The molecule has 1 atom stereocenters. The van der Waals surface area contributed by atoms with Crippen molar-refractivity contribution in [2.45, 2.75) is 38.8 Å². The van der Waals surface area contributed by atoms with E-state index < -0.39 is 0 Å². The van der Waals surface area contributed by atoms with Gasteiger partial charge in [0.05, 0.1) is 6.54 Å². The number of thiophene rings is 1. The number of amides is 2. The zero-order valence-electron chi connectivity index (χ0n) is 10.8. The van der Waals surface area contributed by atoms with E-state index in [4.69, 9.17) is 0 Å². The zero-order valence-corrected chi connectivity index (χ0v) is 13.2. The summed E-state index contributed by atoms with van der Waals surface area (Å²) in [7, 11) is 0. The van der Waals surface area contributed by atoms with Gasteiger partial charge < -0.3 is 10.2 Å². The molecule has 1 aliphatic rings. The summed E-state index contributed by atoms with van der Waals surface area (Å²) in [6.07, 6.45) is 1.97. The number of carbonyl (C=O) groups is 2. The molecule has 0 bridgehead atoms. The first-order chi connectivity index (χ1) is 9.10. The normalized spacial score (nSPS) is 20.3. The highest BCUT2D eigenvalue weighted by Crippen LogP contribution is 2.22. The Morgan fingerprint density at radius 1 is 1.53 bits per heavy atom. The van der Waals surface area contributed by atoms with Gasteiger partial charge in [0.25, 0.3) is 0 Å². The molecule has 0 radical (unpaired) electrons. The number of hydrogen-bond donors (Lipinski definition) is 1. The molecule has 1 saturated heterocycles. The van der Waals surface area contributed by atoms with Gasteiger partial charge in [-0.25, -0.2) is 0 Å². The van der Waals surface area contributed by atoms with Gasteiger partial charge in [0, 0.05) is 27.7 Å². The van der Waals surface area contributed by atoms with Crippen molar-refractivity contribution in [1.82, 2.24) is 10.2 Å². The topological polar surface area (TPSA) is 49.4 Å². The molecule has 1 unspecified atom stereocenters. The molecular weight excluding hydrogens is 328 g/mol. The summed E-state index contributed by atoms with van der Waals surface area (Å²) < 4.78 is 1.04. The molecule has 19 heavy (non-hydrogen) atoms. The van der Waals surface area contributed by atoms with E-state index >= 15 is 0 Å². The molecule has 1 fully saturated rings. The van der Waals surface area contributed by atoms with E-state index in [9.17, 15) is 9.59 Å². The second-order valence-corrected chi connectivity index (χ2v) is 6.56. The molecule has 0 spiro atoms.